The zero-order chi connectivity index (χ0) is 5.82. The molecule has 9 heavy (non-hydrogen) atoms. The zero-order valence-corrected chi connectivity index (χ0v) is 10.3. The first kappa shape index (κ1) is 9.61. The Morgan fingerprint density at radius 2 is 1.67 bits per heavy atom. The summed E-state index contributed by atoms with van der Waals surface area (Å²) in [7, 11) is 5.71. The van der Waals surface area contributed by atoms with Crippen molar-refractivity contribution >= 4 is 30.8 Å². The van der Waals surface area contributed by atoms with Crippen molar-refractivity contribution < 1.29 is 16.1 Å². The fraction of sp³-hybridized carbons (Fsp3) is 0. The number of benzene rings is 1. The second kappa shape index (κ2) is 5.40. The van der Waals surface area contributed by atoms with E-state index in [1.54, 1.807) is 0 Å². The molecule has 0 bridgehead atoms. The molecule has 1 aromatic rings. The molecule has 0 aliphatic rings. The van der Waals surface area contributed by atoms with Gasteiger partial charge in [-0.25, -0.2) is 0 Å². The summed E-state index contributed by atoms with van der Waals surface area (Å²) in [6.07, 6.45) is 0. The van der Waals surface area contributed by atoms with Crippen LogP contribution in [0.5, 0.6) is 0 Å². The van der Waals surface area contributed by atoms with Crippen molar-refractivity contribution in [3.63, 3.8) is 0 Å². The Morgan fingerprint density at radius 3 is 2.00 bits per heavy atom. The molecule has 1 aromatic carbocycles. The molecule has 0 radical (unpaired) electrons. The van der Waals surface area contributed by atoms with Gasteiger partial charge < -0.3 is 0 Å². The Kier molecular flexibility index (Phi) is 5.77. The van der Waals surface area contributed by atoms with Crippen LogP contribution in [0.4, 0.5) is 0 Å². The molecule has 0 unspecified atom stereocenters. The molecular weight excluding hydrogens is 253 g/mol. The molecule has 46 valence electrons. The Bertz CT molecular complexity index is 154. The van der Waals surface area contributed by atoms with Crippen molar-refractivity contribution in [1.29, 1.82) is 0 Å². The number of rotatable bonds is 1. The van der Waals surface area contributed by atoms with Gasteiger partial charge in [0.2, 0.25) is 0 Å². The van der Waals surface area contributed by atoms with Gasteiger partial charge in [0.05, 0.1) is 0 Å². The average Bonchev–Trinajstić information content (AvgIpc) is 1.90. The molecule has 0 N–H and O–H groups in total. The second-order valence-electron chi connectivity index (χ2n) is 1.62. The first-order valence-electron chi connectivity index (χ1n) is 2.53. The third-order valence-corrected chi connectivity index (χ3v) is 4.24. The summed E-state index contributed by atoms with van der Waals surface area (Å²) in [5, 5.41) is 0. The van der Waals surface area contributed by atoms with Crippen LogP contribution in [0.3, 0.4) is 0 Å². The van der Waals surface area contributed by atoms with Crippen molar-refractivity contribution in [2.45, 2.75) is 0 Å². The molecule has 0 nitrogen and oxygen atoms in total. The normalized spacial score (nSPS) is 7.22. The van der Waals surface area contributed by atoms with E-state index >= 15 is 0 Å². The van der Waals surface area contributed by atoms with E-state index in [0.717, 1.165) is 0 Å². The molecule has 0 heterocycles. The van der Waals surface area contributed by atoms with Crippen LogP contribution >= 0.6 is 26.7 Å². The molecule has 0 spiro atoms. The fourth-order valence-electron chi connectivity index (χ4n) is 0.567. The maximum absolute atomic E-state index is 5.71. The molecule has 3 heteroatoms. The molecule has 0 aliphatic carbocycles. The van der Waals surface area contributed by atoms with Gasteiger partial charge in [0.1, 0.15) is 0 Å². The van der Waals surface area contributed by atoms with E-state index in [1.807, 2.05) is 18.2 Å². The van der Waals surface area contributed by atoms with Gasteiger partial charge in [-0.1, -0.05) is 0 Å². The van der Waals surface area contributed by atoms with E-state index in [4.69, 9.17) is 9.69 Å². The van der Waals surface area contributed by atoms with Gasteiger partial charge in [0, 0.05) is 0 Å². The van der Waals surface area contributed by atoms with Crippen LogP contribution in [-0.4, -0.2) is 0 Å². The van der Waals surface area contributed by atoms with Gasteiger partial charge in [-0.15, -0.1) is 17.0 Å². The Hall–Kier alpha value is 0.613. The minimum absolute atomic E-state index is 0. The van der Waals surface area contributed by atoms with Crippen molar-refractivity contribution in [2.24, 2.45) is 0 Å². The number of hydrogen-bond acceptors (Lipinski definition) is 0. The summed E-state index contributed by atoms with van der Waals surface area (Å²) < 4.78 is 1.36. The minimum atomic E-state index is -0.803. The van der Waals surface area contributed by atoms with E-state index in [9.17, 15) is 0 Å². The molecule has 0 saturated heterocycles. The number of hydrogen-bond donors (Lipinski definition) is 0. The van der Waals surface area contributed by atoms with Crippen molar-refractivity contribution in [3.05, 3.63) is 30.3 Å². The topological polar surface area (TPSA) is 0 Å². The predicted molar refractivity (Wildman–Crippen MR) is 42.3 cm³/mol. The van der Waals surface area contributed by atoms with Crippen LogP contribution in [0.2, 0.25) is 0 Å². The van der Waals surface area contributed by atoms with Crippen LogP contribution in [0.25, 0.3) is 0 Å². The maximum atomic E-state index is 5.71. The molecule has 0 saturated carbocycles. The molecule has 1 rings (SSSR count). The summed E-state index contributed by atoms with van der Waals surface area (Å²) in [6.45, 7) is 0. The summed E-state index contributed by atoms with van der Waals surface area (Å²) >= 11 is -0.803. The summed E-state index contributed by atoms with van der Waals surface area (Å²) in [5.41, 5.74) is 0. The van der Waals surface area contributed by atoms with Crippen LogP contribution in [0.1, 0.15) is 0 Å². The monoisotopic (exact) mass is 256 g/mol. The van der Waals surface area contributed by atoms with Crippen molar-refractivity contribution in [3.8, 4) is 0 Å². The molecule has 0 aliphatic heterocycles. The molecule has 0 atom stereocenters. The Labute approximate surface area is 77.0 Å². The standard InChI is InChI=1S/C6H5.BrH.ClH.Zn/c1-2-4-6-5-3-1;;;/h1-5H;2*1H;/q;;;+1/p-1. The van der Waals surface area contributed by atoms with Gasteiger partial charge in [0.15, 0.2) is 0 Å². The molecule has 0 fully saturated rings. The van der Waals surface area contributed by atoms with Gasteiger partial charge in [-0.3, -0.25) is 0 Å². The van der Waals surface area contributed by atoms with E-state index in [1.165, 1.54) is 4.16 Å². The third-order valence-electron chi connectivity index (χ3n) is 0.997. The number of halogens is 2. The van der Waals surface area contributed by atoms with E-state index in [0.29, 0.717) is 0 Å². The summed E-state index contributed by atoms with van der Waals surface area (Å²) in [5.74, 6) is 0. The first-order chi connectivity index (χ1) is 3.93. The van der Waals surface area contributed by atoms with E-state index in [-0.39, 0.29) is 17.0 Å². The van der Waals surface area contributed by atoms with Crippen molar-refractivity contribution in [2.75, 3.05) is 0 Å². The Balaban J connectivity index is 0.000000640. The van der Waals surface area contributed by atoms with Crippen LogP contribution < -0.4 is 4.16 Å². The SMILES string of the molecule is Br.[Cl][Zn][c]1ccccc1. The second-order valence-corrected chi connectivity index (χ2v) is 5.28. The Morgan fingerprint density at radius 1 is 1.11 bits per heavy atom. The van der Waals surface area contributed by atoms with Gasteiger partial charge in [-0.2, -0.15) is 0 Å². The summed E-state index contributed by atoms with van der Waals surface area (Å²) in [6, 6.07) is 10.3. The third kappa shape index (κ3) is 3.34. The zero-order valence-electron chi connectivity index (χ0n) is 4.88. The van der Waals surface area contributed by atoms with Crippen LogP contribution in [0, 0.1) is 0 Å². The quantitative estimate of drug-likeness (QED) is 0.677. The van der Waals surface area contributed by atoms with E-state index in [2.05, 4.69) is 12.1 Å². The predicted octanol–water partition coefficient (Wildman–Crippen LogP) is 2.13. The van der Waals surface area contributed by atoms with Crippen LogP contribution in [0.15, 0.2) is 30.3 Å². The van der Waals surface area contributed by atoms with Gasteiger partial charge in [0.25, 0.3) is 0 Å². The molecular formula is C6H6BrClZn. The van der Waals surface area contributed by atoms with E-state index < -0.39 is 16.1 Å². The summed E-state index contributed by atoms with van der Waals surface area (Å²) in [4.78, 5) is 0. The van der Waals surface area contributed by atoms with Crippen LogP contribution in [-0.2, 0) is 16.1 Å². The molecule has 0 amide bonds. The molecule has 0 aromatic heterocycles. The average molecular weight is 259 g/mol. The van der Waals surface area contributed by atoms with Crippen molar-refractivity contribution in [1.82, 2.24) is 0 Å². The fourth-order valence-corrected chi connectivity index (χ4v) is 2.44. The van der Waals surface area contributed by atoms with Gasteiger partial charge >= 0.3 is 60.3 Å². The van der Waals surface area contributed by atoms with Gasteiger partial charge in [-0.05, 0) is 0 Å². The first-order valence-corrected chi connectivity index (χ1v) is 7.91.